The van der Waals surface area contributed by atoms with E-state index in [1.54, 1.807) is 37.5 Å². The fraction of sp³-hybridized carbons (Fsp3) is 0.105. The number of carbonyl (C=O) groups excluding carboxylic acids is 2. The molecule has 0 unspecified atom stereocenters. The van der Waals surface area contributed by atoms with Gasteiger partial charge in [-0.25, -0.2) is 0 Å². The van der Waals surface area contributed by atoms with Gasteiger partial charge in [0.25, 0.3) is 0 Å². The van der Waals surface area contributed by atoms with Gasteiger partial charge in [0.05, 0.1) is 7.11 Å². The number of hydrogen-bond donors (Lipinski definition) is 2. The van der Waals surface area contributed by atoms with E-state index in [-0.39, 0.29) is 16.8 Å². The van der Waals surface area contributed by atoms with Gasteiger partial charge in [0.15, 0.2) is 10.9 Å². The molecule has 0 atom stereocenters. The summed E-state index contributed by atoms with van der Waals surface area (Å²) in [4.78, 5) is 23.2. The van der Waals surface area contributed by atoms with Crippen molar-refractivity contribution in [2.45, 2.75) is 6.92 Å². The molecule has 2 rings (SSSR count). The number of hydrogen-bond acceptors (Lipinski definition) is 4. The predicted molar refractivity (Wildman–Crippen MR) is 103 cm³/mol. The Kier molecular flexibility index (Phi) is 6.42. The number of Topliss-reactive ketones (excluding diaryl/α,β-unsaturated/α-hetero) is 1. The largest absolute Gasteiger partial charge is 0.496 e. The van der Waals surface area contributed by atoms with Crippen molar-refractivity contribution in [3.63, 3.8) is 0 Å². The fourth-order valence-electron chi connectivity index (χ4n) is 2.07. The van der Waals surface area contributed by atoms with Crippen molar-refractivity contribution in [3.8, 4) is 5.75 Å². The second-order valence-corrected chi connectivity index (χ2v) is 5.56. The maximum Gasteiger partial charge on any atom is 0.250 e. The first-order chi connectivity index (χ1) is 12.0. The number of anilines is 1. The third-order valence-electron chi connectivity index (χ3n) is 3.34. The monoisotopic (exact) mass is 354 g/mol. The van der Waals surface area contributed by atoms with Crippen LogP contribution in [0.25, 0.3) is 6.08 Å². The van der Waals surface area contributed by atoms with Gasteiger partial charge in [-0.1, -0.05) is 18.2 Å². The minimum absolute atomic E-state index is 0.0103. The number of carbonyl (C=O) groups is 2. The van der Waals surface area contributed by atoms with Gasteiger partial charge in [-0.3, -0.25) is 14.9 Å². The predicted octanol–water partition coefficient (Wildman–Crippen LogP) is 3.42. The maximum atomic E-state index is 11.9. The first kappa shape index (κ1) is 18.4. The number of amides is 1. The van der Waals surface area contributed by atoms with Crippen LogP contribution in [0, 0.1) is 0 Å². The van der Waals surface area contributed by atoms with Crippen LogP contribution in [-0.2, 0) is 4.79 Å². The molecule has 0 heterocycles. The summed E-state index contributed by atoms with van der Waals surface area (Å²) in [6.07, 6.45) is 3.03. The molecule has 6 heteroatoms. The van der Waals surface area contributed by atoms with Crippen LogP contribution < -0.4 is 15.4 Å². The van der Waals surface area contributed by atoms with Crippen molar-refractivity contribution >= 4 is 40.8 Å². The molecule has 0 radical (unpaired) electrons. The van der Waals surface area contributed by atoms with Crippen LogP contribution in [0.5, 0.6) is 5.75 Å². The van der Waals surface area contributed by atoms with Crippen molar-refractivity contribution in [2.75, 3.05) is 12.4 Å². The van der Waals surface area contributed by atoms with E-state index in [2.05, 4.69) is 10.6 Å². The second kappa shape index (κ2) is 8.75. The Labute approximate surface area is 151 Å². The number of rotatable bonds is 5. The highest BCUT2D eigenvalue weighted by atomic mass is 32.1. The summed E-state index contributed by atoms with van der Waals surface area (Å²) in [6, 6.07) is 14.2. The molecule has 0 spiro atoms. The number of ether oxygens (including phenoxy) is 1. The van der Waals surface area contributed by atoms with Gasteiger partial charge in [-0.05, 0) is 55.5 Å². The van der Waals surface area contributed by atoms with E-state index in [1.807, 2.05) is 24.3 Å². The lowest BCUT2D eigenvalue weighted by Crippen LogP contribution is -2.32. The number of ketones is 1. The van der Waals surface area contributed by atoms with Gasteiger partial charge in [-0.2, -0.15) is 0 Å². The highest BCUT2D eigenvalue weighted by molar-refractivity contribution is 7.80. The van der Waals surface area contributed by atoms with Gasteiger partial charge in [-0.15, -0.1) is 0 Å². The molecule has 2 N–H and O–H groups in total. The summed E-state index contributed by atoms with van der Waals surface area (Å²) >= 11 is 5.11. The van der Waals surface area contributed by atoms with Crippen molar-refractivity contribution in [1.29, 1.82) is 0 Å². The molecule has 0 fully saturated rings. The number of thiocarbonyl (C=S) groups is 1. The molecule has 0 saturated heterocycles. The summed E-state index contributed by atoms with van der Waals surface area (Å²) in [7, 11) is 1.57. The fourth-order valence-corrected chi connectivity index (χ4v) is 2.29. The Balaban J connectivity index is 1.92. The lowest BCUT2D eigenvalue weighted by atomic mass is 10.1. The molecular formula is C19H18N2O3S. The van der Waals surface area contributed by atoms with Gasteiger partial charge >= 0.3 is 0 Å². The van der Waals surface area contributed by atoms with E-state index in [4.69, 9.17) is 17.0 Å². The Morgan fingerprint density at radius 2 is 1.76 bits per heavy atom. The van der Waals surface area contributed by atoms with E-state index < -0.39 is 0 Å². The number of nitrogens with one attached hydrogen (secondary N) is 2. The van der Waals surface area contributed by atoms with Crippen molar-refractivity contribution < 1.29 is 14.3 Å². The summed E-state index contributed by atoms with van der Waals surface area (Å²) < 4.78 is 5.22. The molecule has 0 aliphatic rings. The second-order valence-electron chi connectivity index (χ2n) is 5.15. The van der Waals surface area contributed by atoms with Crippen LogP contribution in [-0.4, -0.2) is 23.9 Å². The Morgan fingerprint density at radius 1 is 1.08 bits per heavy atom. The van der Waals surface area contributed by atoms with E-state index in [9.17, 15) is 9.59 Å². The Bertz CT molecular complexity index is 814. The number of benzene rings is 2. The first-order valence-corrected chi connectivity index (χ1v) is 7.94. The highest BCUT2D eigenvalue weighted by Crippen LogP contribution is 2.18. The molecule has 1 amide bonds. The summed E-state index contributed by atoms with van der Waals surface area (Å²) in [6.45, 7) is 1.50. The van der Waals surface area contributed by atoms with Crippen molar-refractivity contribution in [1.82, 2.24) is 5.32 Å². The van der Waals surface area contributed by atoms with Crippen LogP contribution >= 0.6 is 12.2 Å². The minimum Gasteiger partial charge on any atom is -0.496 e. The third-order valence-corrected chi connectivity index (χ3v) is 3.54. The quantitative estimate of drug-likeness (QED) is 0.489. The number of para-hydroxylation sites is 1. The van der Waals surface area contributed by atoms with E-state index in [0.29, 0.717) is 17.0 Å². The van der Waals surface area contributed by atoms with Crippen LogP contribution in [0.2, 0.25) is 0 Å². The summed E-state index contributed by atoms with van der Waals surface area (Å²) in [5, 5.41) is 5.62. The van der Waals surface area contributed by atoms with Crippen LogP contribution in [0.3, 0.4) is 0 Å². The zero-order valence-corrected chi connectivity index (χ0v) is 14.7. The average molecular weight is 354 g/mol. The molecule has 5 nitrogen and oxygen atoms in total. The SMILES string of the molecule is COc1ccccc1/C=C/C(=O)NC(=S)Nc1ccc(C(C)=O)cc1. The van der Waals surface area contributed by atoms with Crippen LogP contribution in [0.1, 0.15) is 22.8 Å². The Morgan fingerprint density at radius 3 is 2.40 bits per heavy atom. The van der Waals surface area contributed by atoms with Gasteiger partial charge in [0, 0.05) is 22.9 Å². The lowest BCUT2D eigenvalue weighted by molar-refractivity contribution is -0.115. The maximum absolute atomic E-state index is 11.9. The Hall–Kier alpha value is -2.99. The molecule has 0 aliphatic heterocycles. The smallest absolute Gasteiger partial charge is 0.250 e. The topological polar surface area (TPSA) is 67.4 Å². The summed E-state index contributed by atoms with van der Waals surface area (Å²) in [5.74, 6) is 0.311. The van der Waals surface area contributed by atoms with Crippen molar-refractivity contribution in [3.05, 3.63) is 65.7 Å². The van der Waals surface area contributed by atoms with Crippen molar-refractivity contribution in [2.24, 2.45) is 0 Å². The summed E-state index contributed by atoms with van der Waals surface area (Å²) in [5.41, 5.74) is 2.09. The highest BCUT2D eigenvalue weighted by Gasteiger charge is 2.04. The van der Waals surface area contributed by atoms with Gasteiger partial charge in [0.2, 0.25) is 5.91 Å². The van der Waals surface area contributed by atoms with Crippen LogP contribution in [0.15, 0.2) is 54.6 Å². The molecule has 0 saturated carbocycles. The standard InChI is InChI=1S/C19H18N2O3S/c1-13(22)14-7-10-16(11-8-14)20-19(25)21-18(23)12-9-15-5-3-4-6-17(15)24-2/h3-12H,1-2H3,(H2,20,21,23,25)/b12-9+. The minimum atomic E-state index is -0.358. The van der Waals surface area contributed by atoms with Gasteiger partial charge < -0.3 is 10.1 Å². The molecule has 0 bridgehead atoms. The van der Waals surface area contributed by atoms with Crippen LogP contribution in [0.4, 0.5) is 5.69 Å². The lowest BCUT2D eigenvalue weighted by Gasteiger charge is -2.08. The molecule has 128 valence electrons. The molecule has 2 aromatic carbocycles. The third kappa shape index (κ3) is 5.54. The molecule has 2 aromatic rings. The molecular weight excluding hydrogens is 336 g/mol. The van der Waals surface area contributed by atoms with E-state index in [1.165, 1.54) is 13.0 Å². The van der Waals surface area contributed by atoms with Gasteiger partial charge in [0.1, 0.15) is 5.75 Å². The molecule has 0 aliphatic carbocycles. The first-order valence-electron chi connectivity index (χ1n) is 7.53. The van der Waals surface area contributed by atoms with E-state index >= 15 is 0 Å². The van der Waals surface area contributed by atoms with E-state index in [0.717, 1.165) is 5.56 Å². The zero-order valence-electron chi connectivity index (χ0n) is 13.9. The average Bonchev–Trinajstić information content (AvgIpc) is 2.60. The normalized spacial score (nSPS) is 10.3. The molecule has 25 heavy (non-hydrogen) atoms. The number of methoxy groups -OCH3 is 1. The molecule has 0 aromatic heterocycles. The zero-order chi connectivity index (χ0) is 18.2.